The number of halogens is 3. The average molecular weight is 472 g/mol. The van der Waals surface area contributed by atoms with Gasteiger partial charge in [-0.3, -0.25) is 0 Å². The molecule has 2 N–H and O–H groups in total. The zero-order valence-corrected chi connectivity index (χ0v) is 19.8. The summed E-state index contributed by atoms with van der Waals surface area (Å²) in [5.41, 5.74) is 0.508. The maximum absolute atomic E-state index is 13.8. The number of nitrogens with zero attached hydrogens (tertiary/aromatic N) is 1. The van der Waals surface area contributed by atoms with E-state index >= 15 is 0 Å². The standard InChI is InChI=1S/C23H32F3N3O2S/c1-5-7-17(8-6-2)16-27-32(30,31)22-14-11-19(15-21(22)23(24,25)26)28-18-9-12-20(13-10-18)29(3)4/h9-15,17,27-28H,5-8,16H2,1-4H3. The zero-order valence-electron chi connectivity index (χ0n) is 19.0. The predicted molar refractivity (Wildman–Crippen MR) is 124 cm³/mol. The zero-order chi connectivity index (χ0) is 23.9. The molecule has 0 radical (unpaired) electrons. The van der Waals surface area contributed by atoms with Gasteiger partial charge in [-0.2, -0.15) is 13.2 Å². The van der Waals surface area contributed by atoms with E-state index in [4.69, 9.17) is 0 Å². The van der Waals surface area contributed by atoms with E-state index in [-0.39, 0.29) is 18.2 Å². The van der Waals surface area contributed by atoms with Gasteiger partial charge in [-0.05, 0) is 61.2 Å². The van der Waals surface area contributed by atoms with Crippen molar-refractivity contribution in [3.05, 3.63) is 48.0 Å². The second-order valence-corrected chi connectivity index (χ2v) is 9.81. The Labute approximate surface area is 189 Å². The van der Waals surface area contributed by atoms with Crippen molar-refractivity contribution in [2.45, 2.75) is 50.6 Å². The van der Waals surface area contributed by atoms with E-state index in [1.165, 1.54) is 6.07 Å². The molecule has 32 heavy (non-hydrogen) atoms. The third-order valence-corrected chi connectivity index (χ3v) is 6.68. The molecular weight excluding hydrogens is 439 g/mol. The number of hydrogen-bond acceptors (Lipinski definition) is 4. The summed E-state index contributed by atoms with van der Waals surface area (Å²) in [5, 5.41) is 2.91. The Bertz CT molecular complexity index is 969. The number of benzene rings is 2. The minimum atomic E-state index is -4.82. The Morgan fingerprint density at radius 2 is 1.50 bits per heavy atom. The molecular formula is C23H32F3N3O2S. The van der Waals surface area contributed by atoms with Gasteiger partial charge in [0.25, 0.3) is 0 Å². The fourth-order valence-corrected chi connectivity index (χ4v) is 4.87. The van der Waals surface area contributed by atoms with Gasteiger partial charge in [0.15, 0.2) is 0 Å². The van der Waals surface area contributed by atoms with E-state index in [0.29, 0.717) is 5.69 Å². The minimum absolute atomic E-state index is 0.0974. The monoisotopic (exact) mass is 471 g/mol. The third-order valence-electron chi connectivity index (χ3n) is 5.20. The summed E-state index contributed by atoms with van der Waals surface area (Å²) < 4.78 is 69.1. The summed E-state index contributed by atoms with van der Waals surface area (Å²) >= 11 is 0. The van der Waals surface area contributed by atoms with Gasteiger partial charge < -0.3 is 10.2 Å². The SMILES string of the molecule is CCCC(CCC)CNS(=O)(=O)c1ccc(Nc2ccc(N(C)C)cc2)cc1C(F)(F)F. The smallest absolute Gasteiger partial charge is 0.378 e. The van der Waals surface area contributed by atoms with Crippen molar-refractivity contribution in [3.8, 4) is 0 Å². The molecule has 0 saturated carbocycles. The molecule has 0 heterocycles. The van der Waals surface area contributed by atoms with Gasteiger partial charge in [-0.1, -0.05) is 26.7 Å². The summed E-state index contributed by atoms with van der Waals surface area (Å²) in [6.45, 7) is 4.12. The average Bonchev–Trinajstić information content (AvgIpc) is 2.72. The topological polar surface area (TPSA) is 61.4 Å². The van der Waals surface area contributed by atoms with E-state index in [9.17, 15) is 21.6 Å². The molecule has 0 aliphatic heterocycles. The van der Waals surface area contributed by atoms with Crippen LogP contribution in [0.25, 0.3) is 0 Å². The summed E-state index contributed by atoms with van der Waals surface area (Å²) in [7, 11) is -0.540. The van der Waals surface area contributed by atoms with Gasteiger partial charge in [0.2, 0.25) is 10.0 Å². The van der Waals surface area contributed by atoms with Crippen molar-refractivity contribution in [3.63, 3.8) is 0 Å². The number of nitrogens with one attached hydrogen (secondary N) is 2. The van der Waals surface area contributed by atoms with E-state index in [1.54, 1.807) is 12.1 Å². The van der Waals surface area contributed by atoms with Crippen molar-refractivity contribution in [1.82, 2.24) is 4.72 Å². The molecule has 0 spiro atoms. The third kappa shape index (κ3) is 7.13. The Kier molecular flexibility index (Phi) is 8.98. The Morgan fingerprint density at radius 3 is 2.00 bits per heavy atom. The molecule has 9 heteroatoms. The molecule has 0 aromatic heterocycles. The van der Waals surface area contributed by atoms with Gasteiger partial charge >= 0.3 is 6.18 Å². The lowest BCUT2D eigenvalue weighted by atomic mass is 9.99. The molecule has 0 atom stereocenters. The molecule has 2 aromatic carbocycles. The summed E-state index contributed by atoms with van der Waals surface area (Å²) in [4.78, 5) is 1.15. The Hall–Kier alpha value is -2.26. The summed E-state index contributed by atoms with van der Waals surface area (Å²) in [5.74, 6) is 0.0974. The first-order valence-corrected chi connectivity index (χ1v) is 12.2. The Balaban J connectivity index is 2.29. The molecule has 2 aromatic rings. The van der Waals surface area contributed by atoms with Gasteiger partial charge in [0.1, 0.15) is 0 Å². The van der Waals surface area contributed by atoms with Crippen molar-refractivity contribution in [1.29, 1.82) is 0 Å². The summed E-state index contributed by atoms with van der Waals surface area (Å²) in [6.07, 6.45) is -1.41. The first-order chi connectivity index (χ1) is 15.0. The summed E-state index contributed by atoms with van der Waals surface area (Å²) in [6, 6.07) is 10.4. The quantitative estimate of drug-likeness (QED) is 0.421. The van der Waals surface area contributed by atoms with Gasteiger partial charge in [-0.15, -0.1) is 0 Å². The fourth-order valence-electron chi connectivity index (χ4n) is 3.54. The lowest BCUT2D eigenvalue weighted by molar-refractivity contribution is -0.139. The van der Waals surface area contributed by atoms with Crippen LogP contribution >= 0.6 is 0 Å². The molecule has 0 bridgehead atoms. The maximum Gasteiger partial charge on any atom is 0.417 e. The number of sulfonamides is 1. The van der Waals surface area contributed by atoms with E-state index in [0.717, 1.165) is 43.5 Å². The molecule has 0 fully saturated rings. The van der Waals surface area contributed by atoms with Gasteiger partial charge in [0, 0.05) is 37.7 Å². The van der Waals surface area contributed by atoms with Crippen LogP contribution in [0.1, 0.15) is 45.1 Å². The normalized spacial score (nSPS) is 12.2. The van der Waals surface area contributed by atoms with Crippen LogP contribution in [0.15, 0.2) is 47.4 Å². The fraction of sp³-hybridized carbons (Fsp3) is 0.478. The van der Waals surface area contributed by atoms with Crippen LogP contribution in [0.4, 0.5) is 30.2 Å². The van der Waals surface area contributed by atoms with E-state index < -0.39 is 26.7 Å². The van der Waals surface area contributed by atoms with Crippen LogP contribution in [-0.2, 0) is 16.2 Å². The number of anilines is 3. The highest BCUT2D eigenvalue weighted by Crippen LogP contribution is 2.36. The van der Waals surface area contributed by atoms with Crippen molar-refractivity contribution >= 4 is 27.1 Å². The van der Waals surface area contributed by atoms with Crippen molar-refractivity contribution in [2.75, 3.05) is 30.9 Å². The first kappa shape index (κ1) is 26.0. The maximum atomic E-state index is 13.8. The van der Waals surface area contributed by atoms with Crippen molar-refractivity contribution < 1.29 is 21.6 Å². The van der Waals surface area contributed by atoms with E-state index in [1.807, 2.05) is 45.0 Å². The van der Waals surface area contributed by atoms with Crippen LogP contribution in [0, 0.1) is 5.92 Å². The molecule has 0 saturated heterocycles. The van der Waals surface area contributed by atoms with Gasteiger partial charge in [0.05, 0.1) is 10.5 Å². The second-order valence-electron chi connectivity index (χ2n) is 8.07. The molecule has 5 nitrogen and oxygen atoms in total. The minimum Gasteiger partial charge on any atom is -0.378 e. The molecule has 178 valence electrons. The lowest BCUT2D eigenvalue weighted by Gasteiger charge is -2.19. The highest BCUT2D eigenvalue weighted by Gasteiger charge is 2.37. The number of alkyl halides is 3. The van der Waals surface area contributed by atoms with Crippen LogP contribution in [0.2, 0.25) is 0 Å². The molecule has 2 rings (SSSR count). The van der Waals surface area contributed by atoms with Gasteiger partial charge in [-0.25, -0.2) is 13.1 Å². The highest BCUT2D eigenvalue weighted by atomic mass is 32.2. The van der Waals surface area contributed by atoms with Crippen molar-refractivity contribution in [2.24, 2.45) is 5.92 Å². The van der Waals surface area contributed by atoms with Crippen LogP contribution < -0.4 is 14.9 Å². The number of hydrogen-bond donors (Lipinski definition) is 2. The van der Waals surface area contributed by atoms with Crippen LogP contribution in [0.3, 0.4) is 0 Å². The van der Waals surface area contributed by atoms with Crippen LogP contribution in [0.5, 0.6) is 0 Å². The molecule has 0 aliphatic carbocycles. The molecule has 0 amide bonds. The molecule has 0 unspecified atom stereocenters. The lowest BCUT2D eigenvalue weighted by Crippen LogP contribution is -2.31. The first-order valence-electron chi connectivity index (χ1n) is 10.7. The van der Waals surface area contributed by atoms with Crippen LogP contribution in [-0.4, -0.2) is 29.1 Å². The highest BCUT2D eigenvalue weighted by molar-refractivity contribution is 7.89. The largest absolute Gasteiger partial charge is 0.417 e. The predicted octanol–water partition coefficient (Wildman–Crippen LogP) is 6.01. The molecule has 0 aliphatic rings. The second kappa shape index (κ2) is 11.0. The number of rotatable bonds is 11. The van der Waals surface area contributed by atoms with E-state index in [2.05, 4.69) is 10.0 Å². The Morgan fingerprint density at radius 1 is 0.938 bits per heavy atom.